The number of rotatable bonds is 4. The van der Waals surface area contributed by atoms with Crippen molar-refractivity contribution in [2.24, 2.45) is 0 Å². The van der Waals surface area contributed by atoms with Gasteiger partial charge in [0.05, 0.1) is 0 Å². The summed E-state index contributed by atoms with van der Waals surface area (Å²) in [6.07, 6.45) is 1.11. The predicted molar refractivity (Wildman–Crippen MR) is 85.7 cm³/mol. The van der Waals surface area contributed by atoms with Crippen LogP contribution < -0.4 is 5.32 Å². The smallest absolute Gasteiger partial charge is 0.253 e. The number of benzene rings is 2. The summed E-state index contributed by atoms with van der Waals surface area (Å²) >= 11 is 5.87. The Kier molecular flexibility index (Phi) is 4.11. The van der Waals surface area contributed by atoms with Crippen LogP contribution in [0.25, 0.3) is 0 Å². The van der Waals surface area contributed by atoms with E-state index in [1.807, 2.05) is 53.4 Å². The Labute approximate surface area is 129 Å². The molecular formula is C17H17ClN2O. The van der Waals surface area contributed by atoms with Crippen LogP contribution in [0.3, 0.4) is 0 Å². The van der Waals surface area contributed by atoms with Gasteiger partial charge in [-0.3, -0.25) is 4.79 Å². The Hall–Kier alpha value is -2.00. The number of amides is 1. The second-order valence-corrected chi connectivity index (χ2v) is 5.64. The number of anilines is 1. The Morgan fingerprint density at radius 3 is 2.57 bits per heavy atom. The first-order valence-electron chi connectivity index (χ1n) is 7.10. The van der Waals surface area contributed by atoms with E-state index >= 15 is 0 Å². The summed E-state index contributed by atoms with van der Waals surface area (Å²) in [5.74, 6) is 0.122. The highest BCUT2D eigenvalue weighted by atomic mass is 35.5. The highest BCUT2D eigenvalue weighted by Gasteiger charge is 2.21. The maximum absolute atomic E-state index is 12.2. The van der Waals surface area contributed by atoms with E-state index < -0.39 is 0 Å². The molecule has 2 aromatic carbocycles. The number of nitrogens with one attached hydrogen (secondary N) is 1. The fourth-order valence-corrected chi connectivity index (χ4v) is 2.40. The first-order valence-corrected chi connectivity index (χ1v) is 7.48. The zero-order valence-corrected chi connectivity index (χ0v) is 12.4. The van der Waals surface area contributed by atoms with Gasteiger partial charge in [0.25, 0.3) is 5.91 Å². The highest BCUT2D eigenvalue weighted by Crippen LogP contribution is 2.17. The third-order valence-electron chi connectivity index (χ3n) is 3.66. The van der Waals surface area contributed by atoms with Crippen LogP contribution in [-0.2, 0) is 6.54 Å². The molecule has 1 aliphatic rings. The van der Waals surface area contributed by atoms with Crippen LogP contribution in [-0.4, -0.2) is 23.9 Å². The second kappa shape index (κ2) is 6.19. The maximum Gasteiger partial charge on any atom is 0.253 e. The van der Waals surface area contributed by atoms with Crippen LogP contribution in [0.15, 0.2) is 48.5 Å². The number of hydrogen-bond acceptors (Lipinski definition) is 2. The molecule has 0 atom stereocenters. The van der Waals surface area contributed by atoms with Crippen molar-refractivity contribution in [3.05, 3.63) is 64.7 Å². The fraction of sp³-hybridized carbons (Fsp3) is 0.235. The Bertz CT molecular complexity index is 635. The van der Waals surface area contributed by atoms with E-state index in [1.54, 1.807) is 0 Å². The number of carbonyl (C=O) groups excluding carboxylic acids is 1. The van der Waals surface area contributed by atoms with Crippen LogP contribution in [0, 0.1) is 0 Å². The van der Waals surface area contributed by atoms with Crippen molar-refractivity contribution in [2.75, 3.05) is 18.4 Å². The van der Waals surface area contributed by atoms with E-state index in [4.69, 9.17) is 11.6 Å². The van der Waals surface area contributed by atoms with Crippen LogP contribution in [0.5, 0.6) is 0 Å². The second-order valence-electron chi connectivity index (χ2n) is 5.21. The van der Waals surface area contributed by atoms with E-state index in [2.05, 4.69) is 5.32 Å². The zero-order chi connectivity index (χ0) is 14.7. The Morgan fingerprint density at radius 2 is 1.90 bits per heavy atom. The fourth-order valence-electron chi connectivity index (χ4n) is 2.27. The molecule has 1 fully saturated rings. The molecule has 108 valence electrons. The summed E-state index contributed by atoms with van der Waals surface area (Å²) < 4.78 is 0. The molecule has 1 heterocycles. The summed E-state index contributed by atoms with van der Waals surface area (Å²) in [6.45, 7) is 2.46. The molecule has 3 nitrogen and oxygen atoms in total. The number of carbonyl (C=O) groups is 1. The zero-order valence-electron chi connectivity index (χ0n) is 11.7. The van der Waals surface area contributed by atoms with Crippen molar-refractivity contribution in [3.63, 3.8) is 0 Å². The van der Waals surface area contributed by atoms with Gasteiger partial charge in [-0.15, -0.1) is 0 Å². The minimum absolute atomic E-state index is 0.122. The van der Waals surface area contributed by atoms with Crippen molar-refractivity contribution in [1.29, 1.82) is 0 Å². The van der Waals surface area contributed by atoms with E-state index in [-0.39, 0.29) is 5.91 Å². The molecule has 0 spiro atoms. The lowest BCUT2D eigenvalue weighted by molar-refractivity contribution is 0.0652. The minimum atomic E-state index is 0.122. The molecule has 1 amide bonds. The standard InChI is InChI=1S/C17H17ClN2O/c18-15-7-5-13(6-8-15)12-19-16-4-1-3-14(11-16)17(21)20-9-2-10-20/h1,3-8,11,19H,2,9-10,12H2. The Balaban J connectivity index is 1.65. The lowest BCUT2D eigenvalue weighted by Crippen LogP contribution is -2.42. The molecule has 2 aromatic rings. The molecule has 0 unspecified atom stereocenters. The van der Waals surface area contributed by atoms with Gasteiger partial charge in [-0.05, 0) is 42.3 Å². The third kappa shape index (κ3) is 3.37. The van der Waals surface area contributed by atoms with Gasteiger partial charge >= 0.3 is 0 Å². The van der Waals surface area contributed by atoms with Crippen LogP contribution in [0.2, 0.25) is 5.02 Å². The van der Waals surface area contributed by atoms with Gasteiger partial charge in [0, 0.05) is 35.9 Å². The Morgan fingerprint density at radius 1 is 1.14 bits per heavy atom. The van der Waals surface area contributed by atoms with E-state index in [0.717, 1.165) is 41.3 Å². The molecule has 1 aliphatic heterocycles. The molecule has 1 N–H and O–H groups in total. The van der Waals surface area contributed by atoms with E-state index in [0.29, 0.717) is 6.54 Å². The van der Waals surface area contributed by atoms with Gasteiger partial charge in [0.15, 0.2) is 0 Å². The molecule has 4 heteroatoms. The van der Waals surface area contributed by atoms with Crippen molar-refractivity contribution < 1.29 is 4.79 Å². The summed E-state index contributed by atoms with van der Waals surface area (Å²) in [5.41, 5.74) is 2.85. The molecule has 3 rings (SSSR count). The maximum atomic E-state index is 12.2. The molecule has 0 radical (unpaired) electrons. The van der Waals surface area contributed by atoms with Gasteiger partial charge in [0.1, 0.15) is 0 Å². The summed E-state index contributed by atoms with van der Waals surface area (Å²) in [6, 6.07) is 15.4. The molecule has 1 saturated heterocycles. The van der Waals surface area contributed by atoms with E-state index in [9.17, 15) is 4.79 Å². The number of nitrogens with zero attached hydrogens (tertiary/aromatic N) is 1. The monoisotopic (exact) mass is 300 g/mol. The lowest BCUT2D eigenvalue weighted by atomic mass is 10.1. The average molecular weight is 301 g/mol. The molecular weight excluding hydrogens is 284 g/mol. The first kappa shape index (κ1) is 14.0. The van der Waals surface area contributed by atoms with Gasteiger partial charge in [-0.1, -0.05) is 29.8 Å². The quantitative estimate of drug-likeness (QED) is 0.931. The van der Waals surface area contributed by atoms with Crippen molar-refractivity contribution in [2.45, 2.75) is 13.0 Å². The molecule has 0 aliphatic carbocycles. The van der Waals surface area contributed by atoms with Gasteiger partial charge in [0.2, 0.25) is 0 Å². The van der Waals surface area contributed by atoms with Crippen LogP contribution >= 0.6 is 11.6 Å². The van der Waals surface area contributed by atoms with Crippen LogP contribution in [0.4, 0.5) is 5.69 Å². The molecule has 0 bridgehead atoms. The summed E-state index contributed by atoms with van der Waals surface area (Å²) in [4.78, 5) is 14.0. The molecule has 0 aromatic heterocycles. The number of likely N-dealkylation sites (tertiary alicyclic amines) is 1. The summed E-state index contributed by atoms with van der Waals surface area (Å²) in [7, 11) is 0. The molecule has 0 saturated carbocycles. The normalized spacial score (nSPS) is 13.7. The predicted octanol–water partition coefficient (Wildman–Crippen LogP) is 3.80. The van der Waals surface area contributed by atoms with Crippen molar-refractivity contribution in [1.82, 2.24) is 4.90 Å². The van der Waals surface area contributed by atoms with Crippen molar-refractivity contribution >= 4 is 23.2 Å². The van der Waals surface area contributed by atoms with Crippen LogP contribution in [0.1, 0.15) is 22.3 Å². The number of halogens is 1. The average Bonchev–Trinajstić information content (AvgIpc) is 2.45. The third-order valence-corrected chi connectivity index (χ3v) is 3.91. The topological polar surface area (TPSA) is 32.3 Å². The minimum Gasteiger partial charge on any atom is -0.381 e. The SMILES string of the molecule is O=C(c1cccc(NCc2ccc(Cl)cc2)c1)N1CCC1. The first-order chi connectivity index (χ1) is 10.2. The largest absolute Gasteiger partial charge is 0.381 e. The molecule has 21 heavy (non-hydrogen) atoms. The lowest BCUT2D eigenvalue weighted by Gasteiger charge is -2.31. The van der Waals surface area contributed by atoms with Crippen molar-refractivity contribution in [3.8, 4) is 0 Å². The highest BCUT2D eigenvalue weighted by molar-refractivity contribution is 6.30. The van der Waals surface area contributed by atoms with Gasteiger partial charge in [-0.2, -0.15) is 0 Å². The summed E-state index contributed by atoms with van der Waals surface area (Å²) in [5, 5.41) is 4.07. The van der Waals surface area contributed by atoms with Gasteiger partial charge < -0.3 is 10.2 Å². The van der Waals surface area contributed by atoms with Gasteiger partial charge in [-0.25, -0.2) is 0 Å². The van der Waals surface area contributed by atoms with E-state index in [1.165, 1.54) is 0 Å². The number of hydrogen-bond donors (Lipinski definition) is 1.